The molecule has 0 amide bonds. The molecule has 6 heteroatoms. The molecule has 5 nitrogen and oxygen atoms in total. The molecule has 0 saturated heterocycles. The first-order valence-electron chi connectivity index (χ1n) is 6.05. The molecule has 0 unspecified atom stereocenters. The maximum atomic E-state index is 11.2. The Morgan fingerprint density at radius 3 is 2.42 bits per heavy atom. The molecule has 0 saturated carbocycles. The Bertz CT molecular complexity index is 650. The van der Waals surface area contributed by atoms with Gasteiger partial charge >= 0.3 is 0 Å². The average Bonchev–Trinajstić information content (AvgIpc) is 2.73. The molecule has 19 heavy (non-hydrogen) atoms. The first-order chi connectivity index (χ1) is 8.95. The van der Waals surface area contributed by atoms with Crippen LogP contribution in [0.5, 0.6) is 0 Å². The highest BCUT2D eigenvalue weighted by Gasteiger charge is 2.19. The van der Waals surface area contributed by atoms with Crippen molar-refractivity contribution in [1.29, 1.82) is 0 Å². The maximum absolute atomic E-state index is 11.2. The molecule has 1 radical (unpaired) electrons. The zero-order chi connectivity index (χ0) is 14.2. The third-order valence-electron chi connectivity index (χ3n) is 3.36. The summed E-state index contributed by atoms with van der Waals surface area (Å²) in [5.41, 5.74) is 4.34. The molecule has 0 aliphatic heterocycles. The number of nitro benzene ring substituents is 1. The van der Waals surface area contributed by atoms with E-state index < -0.39 is 0 Å². The summed E-state index contributed by atoms with van der Waals surface area (Å²) in [5, 5.41) is 11.2. The molecule has 0 N–H and O–H groups in total. The lowest BCUT2D eigenvalue weighted by molar-refractivity contribution is -0.384. The molecule has 0 spiro atoms. The molecule has 2 aromatic rings. The second kappa shape index (κ2) is 4.88. The van der Waals surface area contributed by atoms with E-state index in [9.17, 15) is 10.1 Å². The van der Waals surface area contributed by atoms with Gasteiger partial charge in [0, 0.05) is 17.4 Å². The van der Waals surface area contributed by atoms with Crippen molar-refractivity contribution < 1.29 is 4.92 Å². The molecule has 1 aromatic carbocycles. The molecule has 1 heterocycles. The van der Waals surface area contributed by atoms with E-state index in [0.29, 0.717) is 5.69 Å². The van der Waals surface area contributed by atoms with Crippen LogP contribution < -0.4 is 5.59 Å². The van der Waals surface area contributed by atoms with Crippen molar-refractivity contribution in [3.8, 4) is 5.69 Å². The van der Waals surface area contributed by atoms with Gasteiger partial charge < -0.3 is 0 Å². The highest BCUT2D eigenvalue weighted by atomic mass is 16.6. The van der Waals surface area contributed by atoms with Crippen LogP contribution in [-0.2, 0) is 0 Å². The van der Waals surface area contributed by atoms with Gasteiger partial charge in [-0.05, 0) is 38.0 Å². The van der Waals surface area contributed by atoms with Crippen molar-refractivity contribution in [2.24, 2.45) is 0 Å². The van der Waals surface area contributed by atoms with Crippen LogP contribution in [-0.4, -0.2) is 21.8 Å². The van der Waals surface area contributed by atoms with Crippen LogP contribution in [0.1, 0.15) is 16.8 Å². The Labute approximate surface area is 112 Å². The minimum atomic E-state index is -0.351. The van der Waals surface area contributed by atoms with Gasteiger partial charge in [-0.3, -0.25) is 19.7 Å². The zero-order valence-corrected chi connectivity index (χ0v) is 11.5. The fraction of sp³-hybridized carbons (Fsp3) is 0.308. The summed E-state index contributed by atoms with van der Waals surface area (Å²) in [6, 6.07) is 3.45. The number of aromatic nitrogens is 2. The molecule has 97 valence electrons. The van der Waals surface area contributed by atoms with Gasteiger partial charge in [0.2, 0.25) is 0 Å². The monoisotopic (exact) mass is 256 g/mol. The smallest absolute Gasteiger partial charge is 0.293 e. The second-order valence-corrected chi connectivity index (χ2v) is 4.56. The molecule has 0 aliphatic rings. The summed E-state index contributed by atoms with van der Waals surface area (Å²) in [6.07, 6.45) is 1.63. The highest BCUT2D eigenvalue weighted by Crippen LogP contribution is 2.27. The van der Waals surface area contributed by atoms with Crippen LogP contribution in [0.25, 0.3) is 5.69 Å². The van der Waals surface area contributed by atoms with Crippen molar-refractivity contribution in [1.82, 2.24) is 9.55 Å². The van der Waals surface area contributed by atoms with Gasteiger partial charge in [0.15, 0.2) is 7.28 Å². The number of hydrogen-bond donors (Lipinski definition) is 0. The topological polar surface area (TPSA) is 61.0 Å². The zero-order valence-electron chi connectivity index (χ0n) is 11.5. The van der Waals surface area contributed by atoms with Gasteiger partial charge in [-0.2, -0.15) is 0 Å². The quantitative estimate of drug-likeness (QED) is 0.480. The number of hydrogen-bond acceptors (Lipinski definition) is 3. The summed E-state index contributed by atoms with van der Waals surface area (Å²) in [5.74, 6) is 0. The largest absolute Gasteiger partial charge is 0.298 e. The Morgan fingerprint density at radius 1 is 1.26 bits per heavy atom. The minimum Gasteiger partial charge on any atom is -0.298 e. The van der Waals surface area contributed by atoms with Crippen LogP contribution in [0.15, 0.2) is 18.5 Å². The first-order valence-corrected chi connectivity index (χ1v) is 6.05. The summed E-state index contributed by atoms with van der Waals surface area (Å²) in [7, 11) is 1.89. The number of rotatable bonds is 3. The fourth-order valence-electron chi connectivity index (χ4n) is 2.07. The normalized spacial score (nSPS) is 10.5. The lowest BCUT2D eigenvalue weighted by Gasteiger charge is -2.09. The summed E-state index contributed by atoms with van der Waals surface area (Å²) in [6.45, 7) is 7.62. The van der Waals surface area contributed by atoms with Gasteiger partial charge in [0.05, 0.1) is 11.3 Å². The standard InChI is InChI=1S/C13H15BN3O2/c1-8-5-11(12(17(18)19)6-9(8)2)16-7-15-13(14-4)10(16)3/h5-7H,1-4H3. The minimum absolute atomic E-state index is 0.103. The summed E-state index contributed by atoms with van der Waals surface area (Å²) in [4.78, 5) is 15.1. The van der Waals surface area contributed by atoms with Crippen LogP contribution in [0.4, 0.5) is 5.69 Å². The van der Waals surface area contributed by atoms with Crippen LogP contribution >= 0.6 is 0 Å². The van der Waals surface area contributed by atoms with E-state index in [2.05, 4.69) is 4.98 Å². The van der Waals surface area contributed by atoms with Crippen molar-refractivity contribution in [2.45, 2.75) is 27.6 Å². The van der Waals surface area contributed by atoms with Crippen LogP contribution in [0, 0.1) is 30.9 Å². The molecular formula is C13H15BN3O2. The van der Waals surface area contributed by atoms with Gasteiger partial charge in [0.25, 0.3) is 5.69 Å². The Morgan fingerprint density at radius 2 is 1.89 bits per heavy atom. The van der Waals surface area contributed by atoms with E-state index in [1.807, 2.05) is 40.9 Å². The lowest BCUT2D eigenvalue weighted by Crippen LogP contribution is -2.16. The van der Waals surface area contributed by atoms with Crippen molar-refractivity contribution in [2.75, 3.05) is 0 Å². The maximum Gasteiger partial charge on any atom is 0.293 e. The third kappa shape index (κ3) is 2.25. The highest BCUT2D eigenvalue weighted by molar-refractivity contribution is 6.51. The molecule has 0 atom stereocenters. The molecule has 0 bridgehead atoms. The summed E-state index contributed by atoms with van der Waals surface area (Å²) >= 11 is 0. The van der Waals surface area contributed by atoms with E-state index in [4.69, 9.17) is 0 Å². The van der Waals surface area contributed by atoms with Gasteiger partial charge in [0.1, 0.15) is 5.69 Å². The number of benzene rings is 1. The van der Waals surface area contributed by atoms with Crippen LogP contribution in [0.3, 0.4) is 0 Å². The Hall–Kier alpha value is -2.11. The van der Waals surface area contributed by atoms with Crippen molar-refractivity contribution in [3.63, 3.8) is 0 Å². The van der Waals surface area contributed by atoms with Crippen molar-refractivity contribution in [3.05, 3.63) is 45.4 Å². The molecule has 2 rings (SSSR count). The Balaban J connectivity index is 2.70. The predicted octanol–water partition coefficient (Wildman–Crippen LogP) is 2.08. The lowest BCUT2D eigenvalue weighted by atomic mass is 9.77. The van der Waals surface area contributed by atoms with E-state index in [-0.39, 0.29) is 10.6 Å². The fourth-order valence-corrected chi connectivity index (χ4v) is 2.07. The molecule has 0 fully saturated rings. The molecule has 1 aromatic heterocycles. The third-order valence-corrected chi connectivity index (χ3v) is 3.36. The number of aryl methyl sites for hydroxylation is 2. The first kappa shape index (κ1) is 13.3. The second-order valence-electron chi connectivity index (χ2n) is 4.56. The van der Waals surface area contributed by atoms with Gasteiger partial charge in [-0.25, -0.2) is 0 Å². The van der Waals surface area contributed by atoms with E-state index in [1.165, 1.54) is 0 Å². The SMILES string of the molecule is C[B]c1ncn(-c2cc(C)c(C)cc2[N+](=O)[O-])c1C. The van der Waals surface area contributed by atoms with Gasteiger partial charge in [-0.1, -0.05) is 6.82 Å². The van der Waals surface area contributed by atoms with E-state index in [0.717, 1.165) is 22.4 Å². The molecule has 0 aliphatic carbocycles. The number of imidazole rings is 1. The molecular weight excluding hydrogens is 241 g/mol. The van der Waals surface area contributed by atoms with E-state index >= 15 is 0 Å². The van der Waals surface area contributed by atoms with E-state index in [1.54, 1.807) is 17.0 Å². The van der Waals surface area contributed by atoms with Gasteiger partial charge in [-0.15, -0.1) is 0 Å². The average molecular weight is 256 g/mol. The summed E-state index contributed by atoms with van der Waals surface area (Å²) < 4.78 is 1.76. The Kier molecular flexibility index (Phi) is 3.42. The number of nitro groups is 1. The number of nitrogens with zero attached hydrogens (tertiary/aromatic N) is 3. The van der Waals surface area contributed by atoms with Crippen molar-refractivity contribution >= 4 is 18.6 Å². The predicted molar refractivity (Wildman–Crippen MR) is 75.7 cm³/mol. The van der Waals surface area contributed by atoms with Crippen LogP contribution in [0.2, 0.25) is 6.82 Å².